The lowest BCUT2D eigenvalue weighted by atomic mass is 10.0. The van der Waals surface area contributed by atoms with Crippen molar-refractivity contribution in [2.45, 2.75) is 25.8 Å². The summed E-state index contributed by atoms with van der Waals surface area (Å²) in [5.74, 6) is 1.69. The Bertz CT molecular complexity index is 315. The van der Waals surface area contributed by atoms with Crippen molar-refractivity contribution in [1.82, 2.24) is 9.97 Å². The van der Waals surface area contributed by atoms with E-state index in [0.717, 1.165) is 6.42 Å². The summed E-state index contributed by atoms with van der Waals surface area (Å²) in [6, 6.07) is 0. The zero-order valence-electron chi connectivity index (χ0n) is 9.25. The molecule has 1 aromatic rings. The van der Waals surface area contributed by atoms with Crippen molar-refractivity contribution in [3.63, 3.8) is 0 Å². The fraction of sp³-hybridized carbons (Fsp3) is 0.600. The summed E-state index contributed by atoms with van der Waals surface area (Å²) in [4.78, 5) is 8.23. The first-order valence-electron chi connectivity index (χ1n) is 4.83. The molecule has 15 heavy (non-hydrogen) atoms. The number of rotatable bonds is 5. The van der Waals surface area contributed by atoms with Crippen LogP contribution >= 0.6 is 11.6 Å². The maximum Gasteiger partial charge on any atom is 0.233 e. The van der Waals surface area contributed by atoms with Crippen LogP contribution in [0.4, 0.5) is 5.82 Å². The standard InChI is InChI=1S/C10H16ClN3O/c1-4-10(2,7-11)14-8-5-12-6-9(13-8)15-3/h5-6H,4,7H2,1-3H3,(H,13,14). The molecule has 84 valence electrons. The number of aromatic nitrogens is 2. The molecule has 1 aromatic heterocycles. The smallest absolute Gasteiger partial charge is 0.233 e. The van der Waals surface area contributed by atoms with E-state index in [1.165, 1.54) is 0 Å². The molecule has 5 heteroatoms. The van der Waals surface area contributed by atoms with Crippen LogP contribution < -0.4 is 10.1 Å². The number of methoxy groups -OCH3 is 1. The van der Waals surface area contributed by atoms with Crippen molar-refractivity contribution >= 4 is 17.4 Å². The maximum atomic E-state index is 5.89. The molecule has 0 aliphatic heterocycles. The summed E-state index contributed by atoms with van der Waals surface area (Å²) in [6.45, 7) is 4.12. The molecule has 0 aliphatic rings. The van der Waals surface area contributed by atoms with Gasteiger partial charge >= 0.3 is 0 Å². The molecule has 1 N–H and O–H groups in total. The minimum absolute atomic E-state index is 0.164. The molecule has 1 rings (SSSR count). The van der Waals surface area contributed by atoms with Crippen LogP contribution in [0, 0.1) is 0 Å². The van der Waals surface area contributed by atoms with E-state index in [0.29, 0.717) is 17.6 Å². The van der Waals surface area contributed by atoms with Gasteiger partial charge in [0, 0.05) is 11.4 Å². The second-order valence-electron chi connectivity index (χ2n) is 3.62. The topological polar surface area (TPSA) is 47.0 Å². The fourth-order valence-corrected chi connectivity index (χ4v) is 1.29. The molecule has 0 bridgehead atoms. The average Bonchev–Trinajstić information content (AvgIpc) is 2.29. The fourth-order valence-electron chi connectivity index (χ4n) is 1.03. The van der Waals surface area contributed by atoms with Gasteiger partial charge in [-0.05, 0) is 13.3 Å². The van der Waals surface area contributed by atoms with Crippen molar-refractivity contribution in [3.05, 3.63) is 12.4 Å². The predicted octanol–water partition coefficient (Wildman–Crippen LogP) is 2.30. The van der Waals surface area contributed by atoms with Crippen LogP contribution in [-0.2, 0) is 0 Å². The van der Waals surface area contributed by atoms with Crippen LogP contribution in [0.1, 0.15) is 20.3 Å². The highest BCUT2D eigenvalue weighted by Gasteiger charge is 2.20. The lowest BCUT2D eigenvalue weighted by Crippen LogP contribution is -2.36. The summed E-state index contributed by atoms with van der Waals surface area (Å²) >= 11 is 5.89. The summed E-state index contributed by atoms with van der Waals surface area (Å²) in [6.07, 6.45) is 4.13. The Morgan fingerprint density at radius 3 is 2.80 bits per heavy atom. The minimum atomic E-state index is -0.164. The van der Waals surface area contributed by atoms with E-state index in [9.17, 15) is 0 Å². The van der Waals surface area contributed by atoms with Crippen molar-refractivity contribution in [2.24, 2.45) is 0 Å². The van der Waals surface area contributed by atoms with Crippen molar-refractivity contribution in [1.29, 1.82) is 0 Å². The number of alkyl halides is 1. The van der Waals surface area contributed by atoms with Gasteiger partial charge in [0.05, 0.1) is 19.5 Å². The van der Waals surface area contributed by atoms with Crippen LogP contribution in [0.5, 0.6) is 5.88 Å². The lowest BCUT2D eigenvalue weighted by Gasteiger charge is -2.27. The third kappa shape index (κ3) is 3.23. The Morgan fingerprint density at radius 2 is 2.27 bits per heavy atom. The van der Waals surface area contributed by atoms with Gasteiger partial charge in [0.25, 0.3) is 0 Å². The van der Waals surface area contributed by atoms with Crippen LogP contribution in [0.3, 0.4) is 0 Å². The summed E-state index contributed by atoms with van der Waals surface area (Å²) in [7, 11) is 1.56. The first kappa shape index (κ1) is 12.0. The molecule has 1 unspecified atom stereocenters. The summed E-state index contributed by atoms with van der Waals surface area (Å²) < 4.78 is 4.99. The molecule has 0 radical (unpaired) electrons. The molecular weight excluding hydrogens is 214 g/mol. The zero-order chi connectivity index (χ0) is 11.3. The molecule has 1 atom stereocenters. The van der Waals surface area contributed by atoms with E-state index in [1.54, 1.807) is 19.5 Å². The van der Waals surface area contributed by atoms with E-state index >= 15 is 0 Å². The quantitative estimate of drug-likeness (QED) is 0.788. The van der Waals surface area contributed by atoms with E-state index in [1.807, 2.05) is 6.92 Å². The minimum Gasteiger partial charge on any atom is -0.480 e. The van der Waals surface area contributed by atoms with Gasteiger partial charge in [-0.25, -0.2) is 0 Å². The number of ether oxygens (including phenoxy) is 1. The van der Waals surface area contributed by atoms with E-state index < -0.39 is 0 Å². The largest absolute Gasteiger partial charge is 0.480 e. The first-order valence-corrected chi connectivity index (χ1v) is 5.37. The molecule has 0 spiro atoms. The van der Waals surface area contributed by atoms with Crippen molar-refractivity contribution < 1.29 is 4.74 Å². The van der Waals surface area contributed by atoms with Gasteiger partial charge in [-0.15, -0.1) is 11.6 Å². The SMILES string of the molecule is CCC(C)(CCl)Nc1cncc(OC)n1. The normalized spacial score (nSPS) is 14.4. The summed E-state index contributed by atoms with van der Waals surface area (Å²) in [5, 5.41) is 3.24. The zero-order valence-corrected chi connectivity index (χ0v) is 10.0. The van der Waals surface area contributed by atoms with Gasteiger partial charge in [0.1, 0.15) is 5.82 Å². The Hall–Kier alpha value is -1.03. The highest BCUT2D eigenvalue weighted by Crippen LogP contribution is 2.19. The Balaban J connectivity index is 2.79. The molecule has 0 aliphatic carbocycles. The number of anilines is 1. The van der Waals surface area contributed by atoms with Gasteiger partial charge in [-0.1, -0.05) is 6.92 Å². The third-order valence-corrected chi connectivity index (χ3v) is 2.92. The van der Waals surface area contributed by atoms with Gasteiger partial charge in [-0.2, -0.15) is 4.98 Å². The molecule has 4 nitrogen and oxygen atoms in total. The monoisotopic (exact) mass is 229 g/mol. The second-order valence-corrected chi connectivity index (χ2v) is 3.89. The highest BCUT2D eigenvalue weighted by atomic mass is 35.5. The molecule has 0 aromatic carbocycles. The molecule has 1 heterocycles. The Kier molecular flexibility index (Phi) is 4.15. The molecule has 0 saturated heterocycles. The summed E-state index contributed by atoms with van der Waals surface area (Å²) in [5.41, 5.74) is -0.164. The van der Waals surface area contributed by atoms with Crippen molar-refractivity contribution in [2.75, 3.05) is 18.3 Å². The van der Waals surface area contributed by atoms with E-state index in [2.05, 4.69) is 22.2 Å². The Morgan fingerprint density at radius 1 is 1.53 bits per heavy atom. The molecule has 0 fully saturated rings. The molecule has 0 amide bonds. The first-order chi connectivity index (χ1) is 7.13. The van der Waals surface area contributed by atoms with Crippen LogP contribution in [0.25, 0.3) is 0 Å². The third-order valence-electron chi connectivity index (χ3n) is 2.33. The van der Waals surface area contributed by atoms with Crippen LogP contribution in [-0.4, -0.2) is 28.5 Å². The molecular formula is C10H16ClN3O. The number of nitrogens with one attached hydrogen (secondary N) is 1. The molecule has 0 saturated carbocycles. The Labute approximate surface area is 95.0 Å². The van der Waals surface area contributed by atoms with E-state index in [-0.39, 0.29) is 5.54 Å². The predicted molar refractivity (Wildman–Crippen MR) is 61.6 cm³/mol. The van der Waals surface area contributed by atoms with Crippen LogP contribution in [0.2, 0.25) is 0 Å². The number of nitrogens with zero attached hydrogens (tertiary/aromatic N) is 2. The number of hydrogen-bond donors (Lipinski definition) is 1. The van der Waals surface area contributed by atoms with Gasteiger partial charge in [0.2, 0.25) is 5.88 Å². The van der Waals surface area contributed by atoms with Crippen molar-refractivity contribution in [3.8, 4) is 5.88 Å². The maximum absolute atomic E-state index is 5.89. The van der Waals surface area contributed by atoms with Gasteiger partial charge in [-0.3, -0.25) is 4.98 Å². The average molecular weight is 230 g/mol. The number of halogens is 1. The lowest BCUT2D eigenvalue weighted by molar-refractivity contribution is 0.395. The van der Waals surface area contributed by atoms with Crippen LogP contribution in [0.15, 0.2) is 12.4 Å². The van der Waals surface area contributed by atoms with Gasteiger partial charge < -0.3 is 10.1 Å². The highest BCUT2D eigenvalue weighted by molar-refractivity contribution is 6.18. The number of hydrogen-bond acceptors (Lipinski definition) is 4. The van der Waals surface area contributed by atoms with Gasteiger partial charge in [0.15, 0.2) is 0 Å². The van der Waals surface area contributed by atoms with E-state index in [4.69, 9.17) is 16.3 Å². The second kappa shape index (κ2) is 5.16.